The van der Waals surface area contributed by atoms with Crippen LogP contribution in [-0.2, 0) is 9.84 Å². The van der Waals surface area contributed by atoms with Gasteiger partial charge in [0.25, 0.3) is 0 Å². The second-order valence-corrected chi connectivity index (χ2v) is 8.77. The lowest BCUT2D eigenvalue weighted by Gasteiger charge is -2.22. The second-order valence-electron chi connectivity index (χ2n) is 3.81. The minimum Gasteiger partial charge on any atom is -0.291 e. The average Bonchev–Trinajstić information content (AvgIpc) is 2.25. The smallest absolute Gasteiger partial charge is 0.196 e. The van der Waals surface area contributed by atoms with Crippen molar-refractivity contribution in [3.05, 3.63) is 33.8 Å². The van der Waals surface area contributed by atoms with Crippen molar-refractivity contribution < 1.29 is 13.2 Å². The lowest BCUT2D eigenvalue weighted by Crippen LogP contribution is -2.39. The number of hydrogen-bond donors (Lipinski definition) is 0. The molecule has 0 unspecified atom stereocenters. The Labute approximate surface area is 125 Å². The van der Waals surface area contributed by atoms with Gasteiger partial charge >= 0.3 is 0 Å². The van der Waals surface area contributed by atoms with E-state index in [0.717, 1.165) is 6.26 Å². The molecule has 1 atom stereocenters. The van der Waals surface area contributed by atoms with Crippen LogP contribution in [0.25, 0.3) is 0 Å². The zero-order valence-electron chi connectivity index (χ0n) is 9.71. The first-order valence-corrected chi connectivity index (χ1v) is 8.46. The van der Waals surface area contributed by atoms with E-state index in [4.69, 9.17) is 23.2 Å². The van der Waals surface area contributed by atoms with Gasteiger partial charge in [0, 0.05) is 16.8 Å². The highest BCUT2D eigenvalue weighted by molar-refractivity contribution is 9.12. The molecule has 0 radical (unpaired) electrons. The first-order chi connectivity index (χ1) is 8.13. The predicted molar refractivity (Wildman–Crippen MR) is 77.6 cm³/mol. The summed E-state index contributed by atoms with van der Waals surface area (Å²) in [4.78, 5) is 12.3. The summed E-state index contributed by atoms with van der Waals surface area (Å²) in [5.74, 6) is -0.589. The molecule has 1 aromatic rings. The summed E-state index contributed by atoms with van der Waals surface area (Å²) in [5.41, 5.74) is 0.130. The molecule has 0 saturated heterocycles. The molecule has 0 aliphatic rings. The molecule has 0 amide bonds. The third kappa shape index (κ3) is 2.90. The molecular formula is C11H11BrCl2O3S. The standard InChI is InChI=1S/C11H11BrCl2O3S/c1-3-11(12,18(2,16)17)10(15)8-5-4-7(13)6-9(8)14/h4-6H,3H2,1-2H3/t11-/m0/s1. The number of carbonyl (C=O) groups excluding carboxylic acids is 1. The van der Waals surface area contributed by atoms with Crippen molar-refractivity contribution in [1.82, 2.24) is 0 Å². The molecule has 0 N–H and O–H groups in total. The summed E-state index contributed by atoms with van der Waals surface area (Å²) in [7, 11) is -3.61. The second kappa shape index (κ2) is 5.49. The van der Waals surface area contributed by atoms with E-state index in [1.807, 2.05) is 0 Å². The third-order valence-electron chi connectivity index (χ3n) is 2.56. The number of ketones is 1. The molecule has 0 bridgehead atoms. The normalized spacial score (nSPS) is 15.2. The van der Waals surface area contributed by atoms with Crippen LogP contribution < -0.4 is 0 Å². The first-order valence-electron chi connectivity index (χ1n) is 5.02. The van der Waals surface area contributed by atoms with E-state index in [9.17, 15) is 13.2 Å². The summed E-state index contributed by atoms with van der Waals surface area (Å²) in [6.07, 6.45) is 1.11. The largest absolute Gasteiger partial charge is 0.291 e. The van der Waals surface area contributed by atoms with Crippen LogP contribution in [0.5, 0.6) is 0 Å². The third-order valence-corrected chi connectivity index (χ3v) is 7.44. The maximum absolute atomic E-state index is 12.3. The van der Waals surface area contributed by atoms with E-state index in [0.29, 0.717) is 5.02 Å². The van der Waals surface area contributed by atoms with Crippen molar-refractivity contribution in [2.45, 2.75) is 17.0 Å². The number of halogens is 3. The van der Waals surface area contributed by atoms with Gasteiger partial charge < -0.3 is 0 Å². The van der Waals surface area contributed by atoms with Crippen LogP contribution in [0.2, 0.25) is 10.0 Å². The Balaban J connectivity index is 3.37. The zero-order chi connectivity index (χ0) is 14.1. The number of alkyl halides is 1. The van der Waals surface area contributed by atoms with Gasteiger partial charge in [-0.3, -0.25) is 4.79 Å². The number of rotatable bonds is 4. The lowest BCUT2D eigenvalue weighted by atomic mass is 10.1. The number of Topliss-reactive ketones (excluding diaryl/α,β-unsaturated/α-hetero) is 1. The minimum atomic E-state index is -3.61. The van der Waals surface area contributed by atoms with Gasteiger partial charge in [-0.25, -0.2) is 8.42 Å². The maximum atomic E-state index is 12.3. The van der Waals surface area contributed by atoms with Crippen molar-refractivity contribution in [2.75, 3.05) is 6.26 Å². The topological polar surface area (TPSA) is 51.2 Å². The molecule has 0 aliphatic heterocycles. The molecular weight excluding hydrogens is 363 g/mol. The highest BCUT2D eigenvalue weighted by atomic mass is 79.9. The first kappa shape index (κ1) is 16.0. The quantitative estimate of drug-likeness (QED) is 0.596. The Morgan fingerprint density at radius 2 is 1.94 bits per heavy atom. The zero-order valence-corrected chi connectivity index (χ0v) is 13.6. The Bertz CT molecular complexity index is 586. The van der Waals surface area contributed by atoms with Crippen molar-refractivity contribution in [3.63, 3.8) is 0 Å². The van der Waals surface area contributed by atoms with Gasteiger partial charge in [-0.1, -0.05) is 46.1 Å². The van der Waals surface area contributed by atoms with Gasteiger partial charge in [0.05, 0.1) is 5.02 Å². The Kier molecular flexibility index (Phi) is 4.87. The number of carbonyl (C=O) groups is 1. The molecule has 1 aromatic carbocycles. The number of hydrogen-bond acceptors (Lipinski definition) is 3. The fraction of sp³-hybridized carbons (Fsp3) is 0.364. The molecule has 0 spiro atoms. The van der Waals surface area contributed by atoms with Gasteiger partial charge in [-0.15, -0.1) is 0 Å². The summed E-state index contributed by atoms with van der Waals surface area (Å²) < 4.78 is 21.8. The SMILES string of the molecule is CC[C@@](Br)(C(=O)c1ccc(Cl)cc1Cl)S(C)(=O)=O. The maximum Gasteiger partial charge on any atom is 0.196 e. The molecule has 0 aromatic heterocycles. The summed E-state index contributed by atoms with van der Waals surface area (Å²) in [6, 6.07) is 4.32. The molecule has 0 aliphatic carbocycles. The van der Waals surface area contributed by atoms with Crippen LogP contribution in [0.3, 0.4) is 0 Å². The fourth-order valence-corrected chi connectivity index (χ4v) is 3.14. The van der Waals surface area contributed by atoms with Crippen molar-refractivity contribution in [1.29, 1.82) is 0 Å². The highest BCUT2D eigenvalue weighted by Crippen LogP contribution is 2.35. The molecule has 3 nitrogen and oxygen atoms in total. The van der Waals surface area contributed by atoms with Crippen LogP contribution >= 0.6 is 39.1 Å². The fourth-order valence-electron chi connectivity index (χ4n) is 1.47. The summed E-state index contributed by atoms with van der Waals surface area (Å²) >= 11 is 14.7. The Hall–Kier alpha value is -0.100. The Morgan fingerprint density at radius 1 is 1.39 bits per heavy atom. The lowest BCUT2D eigenvalue weighted by molar-refractivity contribution is 0.0976. The van der Waals surface area contributed by atoms with Gasteiger partial charge in [-0.2, -0.15) is 0 Å². The predicted octanol–water partition coefficient (Wildman–Crippen LogP) is 3.72. The molecule has 18 heavy (non-hydrogen) atoms. The molecule has 0 heterocycles. The van der Waals surface area contributed by atoms with E-state index < -0.39 is 19.3 Å². The van der Waals surface area contributed by atoms with Gasteiger partial charge in [0.1, 0.15) is 0 Å². The van der Waals surface area contributed by atoms with Crippen molar-refractivity contribution in [3.8, 4) is 0 Å². The van der Waals surface area contributed by atoms with E-state index in [1.165, 1.54) is 18.2 Å². The monoisotopic (exact) mass is 372 g/mol. The van der Waals surface area contributed by atoms with Crippen LogP contribution in [0.1, 0.15) is 23.7 Å². The van der Waals surface area contributed by atoms with Gasteiger partial charge in [0.2, 0.25) is 0 Å². The minimum absolute atomic E-state index is 0.101. The van der Waals surface area contributed by atoms with E-state index >= 15 is 0 Å². The summed E-state index contributed by atoms with van der Waals surface area (Å²) in [6.45, 7) is 1.61. The van der Waals surface area contributed by atoms with Crippen LogP contribution in [-0.4, -0.2) is 24.1 Å². The van der Waals surface area contributed by atoms with E-state index in [1.54, 1.807) is 6.92 Å². The average molecular weight is 374 g/mol. The van der Waals surface area contributed by atoms with Crippen LogP contribution in [0.4, 0.5) is 0 Å². The van der Waals surface area contributed by atoms with Gasteiger partial charge in [-0.05, 0) is 24.6 Å². The van der Waals surface area contributed by atoms with Gasteiger partial charge in [0.15, 0.2) is 19.3 Å². The van der Waals surface area contributed by atoms with Crippen molar-refractivity contribution >= 4 is 54.8 Å². The van der Waals surface area contributed by atoms with Crippen LogP contribution in [0, 0.1) is 0 Å². The van der Waals surface area contributed by atoms with E-state index in [-0.39, 0.29) is 17.0 Å². The Morgan fingerprint density at radius 3 is 2.33 bits per heavy atom. The van der Waals surface area contributed by atoms with E-state index in [2.05, 4.69) is 15.9 Å². The molecule has 0 fully saturated rings. The summed E-state index contributed by atoms with van der Waals surface area (Å²) in [5, 5.41) is 0.515. The van der Waals surface area contributed by atoms with Crippen LogP contribution in [0.15, 0.2) is 18.2 Å². The van der Waals surface area contributed by atoms with Crippen molar-refractivity contribution in [2.24, 2.45) is 0 Å². The molecule has 100 valence electrons. The highest BCUT2D eigenvalue weighted by Gasteiger charge is 2.44. The number of sulfone groups is 1. The molecule has 1 rings (SSSR count). The molecule has 0 saturated carbocycles. The number of benzene rings is 1. The molecule has 7 heteroatoms.